The SMILES string of the molecule is Cc1ccc2c(CC(=O)Nc3ccc4c(c3)NC(=O)CS4)coc2c1. The number of rotatable bonds is 3. The van der Waals surface area contributed by atoms with E-state index in [4.69, 9.17) is 4.42 Å². The van der Waals surface area contributed by atoms with Crippen molar-refractivity contribution < 1.29 is 14.0 Å². The molecule has 126 valence electrons. The molecule has 0 aliphatic carbocycles. The molecule has 0 radical (unpaired) electrons. The number of nitrogens with one attached hydrogen (secondary N) is 2. The number of aryl methyl sites for hydroxylation is 1. The smallest absolute Gasteiger partial charge is 0.234 e. The van der Waals surface area contributed by atoms with Crippen molar-refractivity contribution in [2.24, 2.45) is 0 Å². The first kappa shape index (κ1) is 15.8. The molecule has 0 saturated carbocycles. The average molecular weight is 352 g/mol. The fourth-order valence-electron chi connectivity index (χ4n) is 2.87. The standard InChI is InChI=1S/C19H16N2O3S/c1-11-2-4-14-12(9-24-16(14)6-11)7-18(22)20-13-3-5-17-15(8-13)21-19(23)10-25-17/h2-6,8-9H,7,10H2,1H3,(H,20,22)(H,21,23). The van der Waals surface area contributed by atoms with Gasteiger partial charge in [0.25, 0.3) is 0 Å². The summed E-state index contributed by atoms with van der Waals surface area (Å²) in [4.78, 5) is 24.9. The van der Waals surface area contributed by atoms with Crippen LogP contribution in [0, 0.1) is 6.92 Å². The molecule has 0 unspecified atom stereocenters. The van der Waals surface area contributed by atoms with E-state index < -0.39 is 0 Å². The largest absolute Gasteiger partial charge is 0.464 e. The maximum atomic E-state index is 12.4. The van der Waals surface area contributed by atoms with Crippen LogP contribution < -0.4 is 10.6 Å². The highest BCUT2D eigenvalue weighted by Gasteiger charge is 2.16. The lowest BCUT2D eigenvalue weighted by Gasteiger charge is -2.17. The Morgan fingerprint density at radius 1 is 1.28 bits per heavy atom. The Bertz CT molecular complexity index is 993. The molecule has 1 aliphatic rings. The first-order valence-electron chi connectivity index (χ1n) is 7.92. The normalized spacial score (nSPS) is 13.4. The van der Waals surface area contributed by atoms with Crippen molar-refractivity contribution in [3.63, 3.8) is 0 Å². The van der Waals surface area contributed by atoms with Crippen LogP contribution in [0.3, 0.4) is 0 Å². The maximum absolute atomic E-state index is 12.4. The fourth-order valence-corrected chi connectivity index (χ4v) is 3.65. The highest BCUT2D eigenvalue weighted by molar-refractivity contribution is 8.00. The molecule has 0 bridgehead atoms. The summed E-state index contributed by atoms with van der Waals surface area (Å²) < 4.78 is 5.54. The molecule has 0 saturated heterocycles. The molecular weight excluding hydrogens is 336 g/mol. The Balaban J connectivity index is 1.50. The summed E-state index contributed by atoms with van der Waals surface area (Å²) in [6.07, 6.45) is 1.86. The van der Waals surface area contributed by atoms with Gasteiger partial charge in [0.15, 0.2) is 0 Å². The predicted molar refractivity (Wildman–Crippen MR) is 99.1 cm³/mol. The lowest BCUT2D eigenvalue weighted by molar-refractivity contribution is -0.115. The Labute approximate surface area is 148 Å². The third kappa shape index (κ3) is 3.25. The van der Waals surface area contributed by atoms with Gasteiger partial charge in [-0.3, -0.25) is 9.59 Å². The van der Waals surface area contributed by atoms with Crippen LogP contribution in [0.15, 0.2) is 52.0 Å². The summed E-state index contributed by atoms with van der Waals surface area (Å²) in [7, 11) is 0. The molecule has 4 rings (SSSR count). The minimum atomic E-state index is -0.127. The number of hydrogen-bond acceptors (Lipinski definition) is 4. The second-order valence-corrected chi connectivity index (χ2v) is 7.05. The van der Waals surface area contributed by atoms with Gasteiger partial charge in [-0.2, -0.15) is 0 Å². The number of thioether (sulfide) groups is 1. The summed E-state index contributed by atoms with van der Waals surface area (Å²) in [6.45, 7) is 2.00. The number of furan rings is 1. The maximum Gasteiger partial charge on any atom is 0.234 e. The fraction of sp³-hybridized carbons (Fsp3) is 0.158. The van der Waals surface area contributed by atoms with Gasteiger partial charge in [-0.15, -0.1) is 11.8 Å². The first-order valence-corrected chi connectivity index (χ1v) is 8.90. The van der Waals surface area contributed by atoms with E-state index in [2.05, 4.69) is 10.6 Å². The predicted octanol–water partition coefficient (Wildman–Crippen LogP) is 3.97. The van der Waals surface area contributed by atoms with Gasteiger partial charge in [0, 0.05) is 21.5 Å². The number of carbonyl (C=O) groups is 2. The zero-order valence-electron chi connectivity index (χ0n) is 13.6. The Kier molecular flexibility index (Phi) is 3.97. The van der Waals surface area contributed by atoms with Crippen LogP contribution in [0.1, 0.15) is 11.1 Å². The van der Waals surface area contributed by atoms with Gasteiger partial charge in [0.1, 0.15) is 5.58 Å². The molecule has 1 aliphatic heterocycles. The van der Waals surface area contributed by atoms with E-state index in [9.17, 15) is 9.59 Å². The number of anilines is 2. The molecule has 2 N–H and O–H groups in total. The molecule has 25 heavy (non-hydrogen) atoms. The van der Waals surface area contributed by atoms with Crippen molar-refractivity contribution in [1.82, 2.24) is 0 Å². The summed E-state index contributed by atoms with van der Waals surface area (Å²) in [5.41, 5.74) is 4.16. The number of amides is 2. The van der Waals surface area contributed by atoms with Crippen LogP contribution in [0.5, 0.6) is 0 Å². The highest BCUT2D eigenvalue weighted by Crippen LogP contribution is 2.33. The average Bonchev–Trinajstić information content (AvgIpc) is 2.96. The van der Waals surface area contributed by atoms with Crippen LogP contribution in [0.2, 0.25) is 0 Å². The lowest BCUT2D eigenvalue weighted by Crippen LogP contribution is -2.19. The van der Waals surface area contributed by atoms with Crippen LogP contribution in [-0.2, 0) is 16.0 Å². The molecule has 2 amide bonds. The Morgan fingerprint density at radius 2 is 2.16 bits per heavy atom. The zero-order valence-corrected chi connectivity index (χ0v) is 14.4. The molecule has 0 spiro atoms. The highest BCUT2D eigenvalue weighted by atomic mass is 32.2. The monoisotopic (exact) mass is 352 g/mol. The number of benzene rings is 2. The topological polar surface area (TPSA) is 71.3 Å². The molecule has 5 nitrogen and oxygen atoms in total. The number of fused-ring (bicyclic) bond motifs is 2. The summed E-state index contributed by atoms with van der Waals surface area (Å²) >= 11 is 1.49. The van der Waals surface area contributed by atoms with Gasteiger partial charge in [0.05, 0.1) is 24.1 Å². The summed E-state index contributed by atoms with van der Waals surface area (Å²) in [5, 5.41) is 6.66. The summed E-state index contributed by atoms with van der Waals surface area (Å²) in [6, 6.07) is 11.5. The van der Waals surface area contributed by atoms with Gasteiger partial charge in [-0.05, 0) is 36.8 Å². The van der Waals surface area contributed by atoms with Gasteiger partial charge in [-0.25, -0.2) is 0 Å². The van der Waals surface area contributed by atoms with Crippen molar-refractivity contribution in [2.45, 2.75) is 18.2 Å². The van der Waals surface area contributed by atoms with E-state index >= 15 is 0 Å². The molecule has 2 heterocycles. The third-order valence-corrected chi connectivity index (χ3v) is 5.13. The van der Waals surface area contributed by atoms with Crippen LogP contribution >= 0.6 is 11.8 Å². The van der Waals surface area contributed by atoms with E-state index in [1.54, 1.807) is 12.3 Å². The second kappa shape index (κ2) is 6.29. The minimum absolute atomic E-state index is 0.0267. The molecular formula is C19H16N2O3S. The van der Waals surface area contributed by atoms with Crippen molar-refractivity contribution in [2.75, 3.05) is 16.4 Å². The Hall–Kier alpha value is -2.73. The molecule has 0 atom stereocenters. The van der Waals surface area contributed by atoms with Crippen LogP contribution in [0.25, 0.3) is 11.0 Å². The van der Waals surface area contributed by atoms with Crippen LogP contribution in [-0.4, -0.2) is 17.6 Å². The minimum Gasteiger partial charge on any atom is -0.464 e. The molecule has 0 fully saturated rings. The quantitative estimate of drug-likeness (QED) is 0.748. The third-order valence-electron chi connectivity index (χ3n) is 4.06. The number of hydrogen-bond donors (Lipinski definition) is 2. The summed E-state index contributed by atoms with van der Waals surface area (Å²) in [5.74, 6) is 0.269. The van der Waals surface area contributed by atoms with Gasteiger partial charge < -0.3 is 15.1 Å². The van der Waals surface area contributed by atoms with Gasteiger partial charge >= 0.3 is 0 Å². The van der Waals surface area contributed by atoms with Gasteiger partial charge in [0.2, 0.25) is 11.8 Å². The van der Waals surface area contributed by atoms with E-state index in [1.165, 1.54) is 11.8 Å². The van der Waals surface area contributed by atoms with Gasteiger partial charge in [-0.1, -0.05) is 12.1 Å². The van der Waals surface area contributed by atoms with Crippen molar-refractivity contribution in [1.29, 1.82) is 0 Å². The van der Waals surface area contributed by atoms with Crippen molar-refractivity contribution >= 4 is 45.9 Å². The van der Waals surface area contributed by atoms with E-state index in [1.807, 2.05) is 37.3 Å². The number of carbonyl (C=O) groups excluding carboxylic acids is 2. The molecule has 6 heteroatoms. The van der Waals surface area contributed by atoms with E-state index in [0.29, 0.717) is 11.4 Å². The molecule has 2 aromatic carbocycles. The zero-order chi connectivity index (χ0) is 17.4. The Morgan fingerprint density at radius 3 is 3.04 bits per heavy atom. The van der Waals surface area contributed by atoms with Crippen molar-refractivity contribution in [3.8, 4) is 0 Å². The van der Waals surface area contributed by atoms with E-state index in [-0.39, 0.29) is 18.2 Å². The molecule has 1 aromatic heterocycles. The van der Waals surface area contributed by atoms with Crippen LogP contribution in [0.4, 0.5) is 11.4 Å². The first-order chi connectivity index (χ1) is 12.1. The van der Waals surface area contributed by atoms with Crippen molar-refractivity contribution in [3.05, 3.63) is 53.8 Å². The molecule has 3 aromatic rings. The second-order valence-electron chi connectivity index (χ2n) is 6.03. The lowest BCUT2D eigenvalue weighted by atomic mass is 10.1. The van der Waals surface area contributed by atoms with E-state index in [0.717, 1.165) is 32.7 Å².